The summed E-state index contributed by atoms with van der Waals surface area (Å²) in [7, 11) is 0. The first-order valence-corrected chi connectivity index (χ1v) is 6.62. The molecule has 1 aromatic heterocycles. The fraction of sp³-hybridized carbons (Fsp3) is 0.538. The third kappa shape index (κ3) is 6.80. The van der Waals surface area contributed by atoms with Crippen LogP contribution in [0.3, 0.4) is 0 Å². The highest BCUT2D eigenvalue weighted by molar-refractivity contribution is 5.96. The lowest BCUT2D eigenvalue weighted by molar-refractivity contribution is -0.154. The molecular formula is C13H18Cl2F3N3O2. The number of alkyl halides is 3. The molecule has 1 amide bonds. The van der Waals surface area contributed by atoms with E-state index in [9.17, 15) is 18.0 Å². The van der Waals surface area contributed by atoms with Crippen LogP contribution in [0.4, 0.5) is 13.2 Å². The Kier molecular flexibility index (Phi) is 9.26. The van der Waals surface area contributed by atoms with Gasteiger partial charge in [0.05, 0.1) is 0 Å². The second kappa shape index (κ2) is 9.79. The lowest BCUT2D eigenvalue weighted by Gasteiger charge is -2.21. The molecule has 0 aromatic carbocycles. The van der Waals surface area contributed by atoms with Crippen LogP contribution in [0.1, 0.15) is 16.8 Å². The second-order valence-corrected chi connectivity index (χ2v) is 4.66. The minimum absolute atomic E-state index is 0. The normalized spacial score (nSPS) is 15.0. The number of nitrogens with one attached hydrogen (secondary N) is 1. The largest absolute Gasteiger partial charge is 0.467 e. The molecule has 0 radical (unpaired) electrons. The van der Waals surface area contributed by atoms with Crippen molar-refractivity contribution < 1.29 is 22.7 Å². The summed E-state index contributed by atoms with van der Waals surface area (Å²) < 4.78 is 41.3. The molecule has 0 unspecified atom stereocenters. The van der Waals surface area contributed by atoms with Crippen molar-refractivity contribution in [3.05, 3.63) is 23.9 Å². The van der Waals surface area contributed by atoms with Crippen molar-refractivity contribution in [3.8, 4) is 5.88 Å². The van der Waals surface area contributed by atoms with Gasteiger partial charge in [-0.3, -0.25) is 4.79 Å². The monoisotopic (exact) mass is 375 g/mol. The van der Waals surface area contributed by atoms with Crippen molar-refractivity contribution in [3.63, 3.8) is 0 Å². The molecule has 1 aromatic rings. The van der Waals surface area contributed by atoms with E-state index in [1.807, 2.05) is 0 Å². The van der Waals surface area contributed by atoms with Crippen LogP contribution in [-0.2, 0) is 0 Å². The minimum atomic E-state index is -4.47. The van der Waals surface area contributed by atoms with Crippen molar-refractivity contribution >= 4 is 30.7 Å². The van der Waals surface area contributed by atoms with Gasteiger partial charge in [-0.2, -0.15) is 13.2 Å². The Bertz CT molecular complexity index is 496. The van der Waals surface area contributed by atoms with Crippen molar-refractivity contribution in [1.82, 2.24) is 15.2 Å². The topological polar surface area (TPSA) is 54.5 Å². The van der Waals surface area contributed by atoms with Crippen LogP contribution in [0.5, 0.6) is 5.88 Å². The molecule has 132 valence electrons. The zero-order valence-corrected chi connectivity index (χ0v) is 13.8. The fourth-order valence-electron chi connectivity index (χ4n) is 2.04. The number of rotatable bonds is 3. The van der Waals surface area contributed by atoms with Gasteiger partial charge in [0.1, 0.15) is 5.56 Å². The first kappa shape index (κ1) is 21.8. The molecule has 2 heterocycles. The number of amides is 1. The molecule has 0 bridgehead atoms. The summed E-state index contributed by atoms with van der Waals surface area (Å²) in [4.78, 5) is 17.7. The minimum Gasteiger partial charge on any atom is -0.467 e. The molecule has 1 saturated heterocycles. The van der Waals surface area contributed by atoms with E-state index in [-0.39, 0.29) is 42.2 Å². The highest BCUT2D eigenvalue weighted by Gasteiger charge is 2.30. The first-order valence-electron chi connectivity index (χ1n) is 6.62. The van der Waals surface area contributed by atoms with Gasteiger partial charge in [-0.1, -0.05) is 0 Å². The molecule has 0 atom stereocenters. The molecular weight excluding hydrogens is 358 g/mol. The Labute approximate surface area is 144 Å². The van der Waals surface area contributed by atoms with E-state index < -0.39 is 12.8 Å². The molecule has 1 N–H and O–H groups in total. The fourth-order valence-corrected chi connectivity index (χ4v) is 2.04. The number of carbonyl (C=O) groups is 1. The summed E-state index contributed by atoms with van der Waals surface area (Å²) in [5.74, 6) is -0.638. The second-order valence-electron chi connectivity index (χ2n) is 4.66. The molecule has 1 aliphatic rings. The highest BCUT2D eigenvalue weighted by Crippen LogP contribution is 2.21. The predicted octanol–water partition coefficient (Wildman–Crippen LogP) is 2.30. The molecule has 1 aliphatic heterocycles. The SMILES string of the molecule is Cl.Cl.O=C(c1cccnc1OCC(F)(F)F)N1CCCNCC1. The van der Waals surface area contributed by atoms with Gasteiger partial charge in [0.15, 0.2) is 6.61 Å². The quantitative estimate of drug-likeness (QED) is 0.880. The maximum atomic E-state index is 12.4. The molecule has 23 heavy (non-hydrogen) atoms. The third-order valence-electron chi connectivity index (χ3n) is 3.00. The zero-order chi connectivity index (χ0) is 15.3. The van der Waals surface area contributed by atoms with Crippen LogP contribution in [0.2, 0.25) is 0 Å². The van der Waals surface area contributed by atoms with Crippen LogP contribution in [0, 0.1) is 0 Å². The standard InChI is InChI=1S/C13H16F3N3O2.2ClH/c14-13(15,16)9-21-11-10(3-1-5-18-11)12(20)19-7-2-4-17-6-8-19;;/h1,3,5,17H,2,4,6-9H2;2*1H. The van der Waals surface area contributed by atoms with Crippen LogP contribution in [0.15, 0.2) is 18.3 Å². The molecule has 5 nitrogen and oxygen atoms in total. The van der Waals surface area contributed by atoms with Crippen LogP contribution >= 0.6 is 24.8 Å². The average molecular weight is 376 g/mol. The van der Waals surface area contributed by atoms with Gasteiger partial charge in [-0.15, -0.1) is 24.8 Å². The Hall–Kier alpha value is -1.25. The van der Waals surface area contributed by atoms with Crippen LogP contribution < -0.4 is 10.1 Å². The summed E-state index contributed by atoms with van der Waals surface area (Å²) in [6, 6.07) is 2.93. The van der Waals surface area contributed by atoms with Crippen molar-refractivity contribution in [2.45, 2.75) is 12.6 Å². The number of aromatic nitrogens is 1. The molecule has 10 heteroatoms. The van der Waals surface area contributed by atoms with E-state index in [2.05, 4.69) is 15.0 Å². The average Bonchev–Trinajstić information content (AvgIpc) is 2.73. The van der Waals surface area contributed by atoms with E-state index in [4.69, 9.17) is 0 Å². The van der Waals surface area contributed by atoms with Crippen molar-refractivity contribution in [1.29, 1.82) is 0 Å². The van der Waals surface area contributed by atoms with Gasteiger partial charge in [0.25, 0.3) is 5.91 Å². The van der Waals surface area contributed by atoms with E-state index in [1.54, 1.807) is 4.90 Å². The molecule has 0 spiro atoms. The summed E-state index contributed by atoms with van der Waals surface area (Å²) in [6.07, 6.45) is -2.37. The Morgan fingerprint density at radius 2 is 2.04 bits per heavy atom. The molecule has 1 fully saturated rings. The number of halogens is 5. The van der Waals surface area contributed by atoms with Crippen LogP contribution in [-0.4, -0.2) is 54.8 Å². The highest BCUT2D eigenvalue weighted by atomic mass is 35.5. The van der Waals surface area contributed by atoms with Crippen molar-refractivity contribution in [2.24, 2.45) is 0 Å². The molecule has 0 aliphatic carbocycles. The van der Waals surface area contributed by atoms with Gasteiger partial charge >= 0.3 is 6.18 Å². The maximum Gasteiger partial charge on any atom is 0.422 e. The summed E-state index contributed by atoms with van der Waals surface area (Å²) in [6.45, 7) is 1.07. The van der Waals surface area contributed by atoms with Gasteiger partial charge in [-0.05, 0) is 25.1 Å². The summed E-state index contributed by atoms with van der Waals surface area (Å²) in [5, 5.41) is 3.15. The third-order valence-corrected chi connectivity index (χ3v) is 3.00. The molecule has 2 rings (SSSR count). The van der Waals surface area contributed by atoms with Gasteiger partial charge < -0.3 is 15.0 Å². The van der Waals surface area contributed by atoms with E-state index in [1.165, 1.54) is 18.3 Å². The Morgan fingerprint density at radius 3 is 2.74 bits per heavy atom. The van der Waals surface area contributed by atoms with Gasteiger partial charge in [-0.25, -0.2) is 4.98 Å². The van der Waals surface area contributed by atoms with Gasteiger partial charge in [0, 0.05) is 25.8 Å². The van der Waals surface area contributed by atoms with E-state index in [0.717, 1.165) is 13.0 Å². The molecule has 0 saturated carbocycles. The lowest BCUT2D eigenvalue weighted by Crippen LogP contribution is -2.34. The smallest absolute Gasteiger partial charge is 0.422 e. The van der Waals surface area contributed by atoms with Gasteiger partial charge in [0.2, 0.25) is 5.88 Å². The Balaban J connectivity index is 0.00000242. The number of hydrogen-bond donors (Lipinski definition) is 1. The number of nitrogens with zero attached hydrogens (tertiary/aromatic N) is 2. The number of pyridine rings is 1. The zero-order valence-electron chi connectivity index (χ0n) is 12.1. The summed E-state index contributed by atoms with van der Waals surface area (Å²) in [5.41, 5.74) is 0.0589. The summed E-state index contributed by atoms with van der Waals surface area (Å²) >= 11 is 0. The Morgan fingerprint density at radius 1 is 1.30 bits per heavy atom. The maximum absolute atomic E-state index is 12.4. The number of ether oxygens (including phenoxy) is 1. The van der Waals surface area contributed by atoms with Crippen molar-refractivity contribution in [2.75, 3.05) is 32.8 Å². The lowest BCUT2D eigenvalue weighted by atomic mass is 10.2. The van der Waals surface area contributed by atoms with E-state index >= 15 is 0 Å². The van der Waals surface area contributed by atoms with E-state index in [0.29, 0.717) is 19.6 Å². The predicted molar refractivity (Wildman–Crippen MR) is 83.7 cm³/mol. The number of carbonyl (C=O) groups excluding carboxylic acids is 1. The first-order chi connectivity index (χ1) is 9.97. The van der Waals surface area contributed by atoms with Crippen LogP contribution in [0.25, 0.3) is 0 Å². The number of hydrogen-bond acceptors (Lipinski definition) is 4.